The average molecular weight is 387 g/mol. The second-order valence-corrected chi connectivity index (χ2v) is 8.14. The van der Waals surface area contributed by atoms with Crippen molar-refractivity contribution in [3.8, 4) is 11.1 Å². The fraction of sp³-hybridized carbons (Fsp3) is 0.105. The summed E-state index contributed by atoms with van der Waals surface area (Å²) in [6.45, 7) is 1.92. The summed E-state index contributed by atoms with van der Waals surface area (Å²) in [5.41, 5.74) is 2.62. The van der Waals surface area contributed by atoms with Gasteiger partial charge in [0, 0.05) is 16.6 Å². The largest absolute Gasteiger partial charge is 0.465 e. The number of ether oxygens (including phenoxy) is 1. The van der Waals surface area contributed by atoms with Gasteiger partial charge in [-0.2, -0.15) is 0 Å². The van der Waals surface area contributed by atoms with Crippen molar-refractivity contribution in [2.45, 2.75) is 11.8 Å². The van der Waals surface area contributed by atoms with Gasteiger partial charge >= 0.3 is 5.97 Å². The Kier molecular flexibility index (Phi) is 5.11. The van der Waals surface area contributed by atoms with Crippen LogP contribution in [0, 0.1) is 6.92 Å². The molecule has 1 aromatic heterocycles. The van der Waals surface area contributed by atoms with Crippen molar-refractivity contribution in [2.75, 3.05) is 11.8 Å². The Morgan fingerprint density at radius 3 is 2.31 bits per heavy atom. The number of carbonyl (C=O) groups excluding carboxylic acids is 1. The third-order valence-electron chi connectivity index (χ3n) is 3.77. The van der Waals surface area contributed by atoms with E-state index < -0.39 is 16.0 Å². The van der Waals surface area contributed by atoms with Crippen molar-refractivity contribution in [3.63, 3.8) is 0 Å². The van der Waals surface area contributed by atoms with E-state index in [2.05, 4.69) is 4.72 Å². The van der Waals surface area contributed by atoms with Crippen LogP contribution in [-0.2, 0) is 14.8 Å². The molecule has 7 heteroatoms. The van der Waals surface area contributed by atoms with Gasteiger partial charge in [-0.25, -0.2) is 13.2 Å². The van der Waals surface area contributed by atoms with Crippen LogP contribution < -0.4 is 4.72 Å². The van der Waals surface area contributed by atoms with E-state index in [1.807, 2.05) is 37.3 Å². The van der Waals surface area contributed by atoms with Gasteiger partial charge in [0.1, 0.15) is 9.77 Å². The molecule has 0 unspecified atom stereocenters. The molecule has 5 nitrogen and oxygen atoms in total. The third-order valence-corrected chi connectivity index (χ3v) is 6.33. The van der Waals surface area contributed by atoms with E-state index in [4.69, 9.17) is 4.74 Å². The number of sulfonamides is 1. The molecule has 0 aliphatic heterocycles. The van der Waals surface area contributed by atoms with Gasteiger partial charge in [-0.1, -0.05) is 48.0 Å². The monoisotopic (exact) mass is 387 g/mol. The van der Waals surface area contributed by atoms with Crippen LogP contribution in [0.15, 0.2) is 64.9 Å². The van der Waals surface area contributed by atoms with Crippen LogP contribution in [-0.4, -0.2) is 21.5 Å². The minimum absolute atomic E-state index is 0.0472. The molecular formula is C19H17NO4S2. The predicted molar refractivity (Wildman–Crippen MR) is 103 cm³/mol. The van der Waals surface area contributed by atoms with Gasteiger partial charge in [0.25, 0.3) is 10.0 Å². The number of benzene rings is 2. The zero-order valence-electron chi connectivity index (χ0n) is 14.2. The minimum Gasteiger partial charge on any atom is -0.465 e. The summed E-state index contributed by atoms with van der Waals surface area (Å²) >= 11 is 1.05. The molecule has 0 amide bonds. The van der Waals surface area contributed by atoms with Crippen LogP contribution in [0.3, 0.4) is 0 Å². The molecule has 134 valence electrons. The van der Waals surface area contributed by atoms with Gasteiger partial charge in [-0.3, -0.25) is 4.72 Å². The van der Waals surface area contributed by atoms with E-state index >= 15 is 0 Å². The summed E-state index contributed by atoms with van der Waals surface area (Å²) in [7, 11) is -2.76. The molecule has 0 aliphatic carbocycles. The number of nitrogens with one attached hydrogen (secondary N) is 1. The van der Waals surface area contributed by atoms with Crippen LogP contribution in [0.25, 0.3) is 11.1 Å². The number of hydrogen-bond acceptors (Lipinski definition) is 5. The molecule has 0 saturated carbocycles. The number of aryl methyl sites for hydroxylation is 1. The highest BCUT2D eigenvalue weighted by Gasteiger charge is 2.29. The minimum atomic E-state index is -3.99. The normalized spacial score (nSPS) is 11.2. The van der Waals surface area contributed by atoms with Gasteiger partial charge in [-0.15, -0.1) is 11.3 Å². The molecule has 3 aromatic rings. The Bertz CT molecular complexity index is 1020. The van der Waals surface area contributed by atoms with Gasteiger partial charge in [-0.05, 0) is 24.6 Å². The average Bonchev–Trinajstić information content (AvgIpc) is 3.10. The first-order valence-corrected chi connectivity index (χ1v) is 10.1. The maximum Gasteiger partial charge on any atom is 0.349 e. The highest BCUT2D eigenvalue weighted by atomic mass is 32.2. The highest BCUT2D eigenvalue weighted by Crippen LogP contribution is 2.36. The fourth-order valence-electron chi connectivity index (χ4n) is 2.49. The molecule has 0 atom stereocenters. The van der Waals surface area contributed by atoms with Crippen LogP contribution in [0.1, 0.15) is 15.2 Å². The lowest BCUT2D eigenvalue weighted by atomic mass is 10.1. The summed E-state index contributed by atoms with van der Waals surface area (Å²) < 4.78 is 33.5. The molecule has 0 radical (unpaired) electrons. The first-order chi connectivity index (χ1) is 12.4. The number of hydrogen-bond donors (Lipinski definition) is 1. The third kappa shape index (κ3) is 3.63. The quantitative estimate of drug-likeness (QED) is 0.662. The summed E-state index contributed by atoms with van der Waals surface area (Å²) in [6.07, 6.45) is 0. The molecule has 0 bridgehead atoms. The first kappa shape index (κ1) is 18.2. The van der Waals surface area contributed by atoms with Crippen LogP contribution in [0.2, 0.25) is 0 Å². The number of carbonyl (C=O) groups is 1. The first-order valence-electron chi connectivity index (χ1n) is 7.77. The number of anilines is 1. The van der Waals surface area contributed by atoms with Crippen LogP contribution in [0.4, 0.5) is 5.69 Å². The van der Waals surface area contributed by atoms with Crippen LogP contribution >= 0.6 is 11.3 Å². The van der Waals surface area contributed by atoms with Gasteiger partial charge in [0.05, 0.1) is 7.11 Å². The molecule has 1 heterocycles. The second-order valence-electron chi connectivity index (χ2n) is 5.64. The Morgan fingerprint density at radius 1 is 1.04 bits per heavy atom. The summed E-state index contributed by atoms with van der Waals surface area (Å²) in [6, 6.07) is 16.1. The second kappa shape index (κ2) is 7.31. The van der Waals surface area contributed by atoms with Crippen molar-refractivity contribution < 1.29 is 17.9 Å². The van der Waals surface area contributed by atoms with Crippen molar-refractivity contribution in [1.29, 1.82) is 0 Å². The molecular weight excluding hydrogens is 370 g/mol. The fourth-order valence-corrected chi connectivity index (χ4v) is 5.27. The molecule has 0 spiro atoms. The molecule has 26 heavy (non-hydrogen) atoms. The van der Waals surface area contributed by atoms with E-state index in [-0.39, 0.29) is 9.77 Å². The maximum absolute atomic E-state index is 13.1. The Labute approximate surface area is 156 Å². The van der Waals surface area contributed by atoms with E-state index in [0.717, 1.165) is 16.9 Å². The zero-order valence-corrected chi connectivity index (χ0v) is 15.9. The highest BCUT2D eigenvalue weighted by molar-refractivity contribution is 7.93. The lowest BCUT2D eigenvalue weighted by molar-refractivity contribution is 0.0602. The Hall–Kier alpha value is -2.64. The standard InChI is InChI=1S/C19H17NO4S2/c1-13-8-10-15(11-9-13)20-26(22,23)18-16(14-6-4-3-5-7-14)12-25-17(18)19(21)24-2/h3-12,20H,1-2H3. The molecule has 0 saturated heterocycles. The van der Waals surface area contributed by atoms with Crippen molar-refractivity contribution in [1.82, 2.24) is 0 Å². The summed E-state index contributed by atoms with van der Waals surface area (Å²) in [5, 5.41) is 1.66. The SMILES string of the molecule is COC(=O)c1scc(-c2ccccc2)c1S(=O)(=O)Nc1ccc(C)cc1. The summed E-state index contributed by atoms with van der Waals surface area (Å²) in [4.78, 5) is 12.1. The van der Waals surface area contributed by atoms with E-state index in [1.165, 1.54) is 7.11 Å². The van der Waals surface area contributed by atoms with Crippen molar-refractivity contribution in [3.05, 3.63) is 70.4 Å². The zero-order chi connectivity index (χ0) is 18.7. The number of thiophene rings is 1. The molecule has 1 N–H and O–H groups in total. The number of esters is 1. The Balaban J connectivity index is 2.13. The van der Waals surface area contributed by atoms with Gasteiger partial charge in [0.2, 0.25) is 0 Å². The summed E-state index contributed by atoms with van der Waals surface area (Å²) in [5.74, 6) is -0.679. The predicted octanol–water partition coefficient (Wildman–Crippen LogP) is 4.31. The number of rotatable bonds is 5. The maximum atomic E-state index is 13.1. The van der Waals surface area contributed by atoms with E-state index in [0.29, 0.717) is 16.8 Å². The van der Waals surface area contributed by atoms with Gasteiger partial charge < -0.3 is 4.74 Å². The lowest BCUT2D eigenvalue weighted by Crippen LogP contribution is -2.16. The van der Waals surface area contributed by atoms with Crippen molar-refractivity contribution >= 4 is 33.0 Å². The lowest BCUT2D eigenvalue weighted by Gasteiger charge is -2.11. The molecule has 0 fully saturated rings. The molecule has 0 aliphatic rings. The molecule has 3 rings (SSSR count). The van der Waals surface area contributed by atoms with Crippen LogP contribution in [0.5, 0.6) is 0 Å². The topological polar surface area (TPSA) is 72.5 Å². The molecule has 2 aromatic carbocycles. The van der Waals surface area contributed by atoms with Gasteiger partial charge in [0.15, 0.2) is 0 Å². The Morgan fingerprint density at radius 2 is 1.69 bits per heavy atom. The van der Waals surface area contributed by atoms with Crippen molar-refractivity contribution in [2.24, 2.45) is 0 Å². The number of methoxy groups -OCH3 is 1. The smallest absolute Gasteiger partial charge is 0.349 e. The van der Waals surface area contributed by atoms with E-state index in [9.17, 15) is 13.2 Å². The van der Waals surface area contributed by atoms with E-state index in [1.54, 1.807) is 29.6 Å².